The molecule has 0 spiro atoms. The van der Waals surface area contributed by atoms with Gasteiger partial charge in [0.25, 0.3) is 0 Å². The van der Waals surface area contributed by atoms with E-state index in [0.717, 1.165) is 29.4 Å². The van der Waals surface area contributed by atoms with E-state index in [-0.39, 0.29) is 18.3 Å². The second-order valence-corrected chi connectivity index (χ2v) is 8.84. The van der Waals surface area contributed by atoms with Gasteiger partial charge in [-0.2, -0.15) is 0 Å². The molecule has 1 atom stereocenters. The molecular weight excluding hydrogens is 348 g/mol. The summed E-state index contributed by atoms with van der Waals surface area (Å²) in [5.74, 6) is 0.370. The van der Waals surface area contributed by atoms with Crippen molar-refractivity contribution in [3.8, 4) is 0 Å². The van der Waals surface area contributed by atoms with Gasteiger partial charge >= 0.3 is 0 Å². The van der Waals surface area contributed by atoms with Gasteiger partial charge in [-0.15, -0.1) is 5.10 Å². The topological polar surface area (TPSA) is 76.9 Å². The van der Waals surface area contributed by atoms with Crippen molar-refractivity contribution >= 4 is 21.1 Å². The van der Waals surface area contributed by atoms with Crippen LogP contribution in [0.1, 0.15) is 30.0 Å². The van der Waals surface area contributed by atoms with E-state index in [1.807, 2.05) is 55.5 Å². The maximum absolute atomic E-state index is 12.7. The monoisotopic (exact) mass is 370 g/mol. The van der Waals surface area contributed by atoms with Gasteiger partial charge in [-0.05, 0) is 43.4 Å². The first-order valence-corrected chi connectivity index (χ1v) is 10.5. The largest absolute Gasteiger partial charge is 0.244 e. The maximum atomic E-state index is 12.7. The first kappa shape index (κ1) is 17.2. The second kappa shape index (κ2) is 6.81. The average molecular weight is 370 g/mol. The van der Waals surface area contributed by atoms with E-state index in [1.54, 1.807) is 4.68 Å². The van der Waals surface area contributed by atoms with Crippen LogP contribution >= 0.6 is 0 Å². The van der Waals surface area contributed by atoms with Crippen molar-refractivity contribution in [1.82, 2.24) is 19.7 Å². The number of para-hydroxylation sites is 1. The quantitative estimate of drug-likeness (QED) is 0.694. The fourth-order valence-electron chi connectivity index (χ4n) is 3.18. The van der Waals surface area contributed by atoms with Crippen LogP contribution in [0.5, 0.6) is 0 Å². The highest BCUT2D eigenvalue weighted by Gasteiger charge is 2.34. The Kier molecular flexibility index (Phi) is 4.50. The molecule has 1 heterocycles. The molecule has 1 aromatic heterocycles. The molecule has 2 aromatic carbocycles. The Labute approximate surface area is 153 Å². The molecule has 1 fully saturated rings. The summed E-state index contributed by atoms with van der Waals surface area (Å²) in [6, 6.07) is 15.5. The Morgan fingerprint density at radius 2 is 1.88 bits per heavy atom. The highest BCUT2D eigenvalue weighted by molar-refractivity contribution is 7.89. The summed E-state index contributed by atoms with van der Waals surface area (Å²) in [4.78, 5) is 0. The number of nitrogens with one attached hydrogen (secondary N) is 1. The molecule has 3 aromatic rings. The molecule has 0 saturated heterocycles. The minimum absolute atomic E-state index is 0.0184. The standard InChI is InChI=1S/C19H22N4O2S/c1-14-6-8-15(9-7-14)19(16-10-11-16)21-26(24,25)13-12-23-18-5-3-2-4-17(18)20-22-23/h2-9,16,19,21H,10-13H2,1H3. The zero-order valence-electron chi connectivity index (χ0n) is 14.7. The number of hydrogen-bond acceptors (Lipinski definition) is 4. The molecule has 4 rings (SSSR count). The molecular formula is C19H22N4O2S. The Morgan fingerprint density at radius 3 is 2.62 bits per heavy atom. The van der Waals surface area contributed by atoms with Crippen molar-refractivity contribution in [1.29, 1.82) is 0 Å². The summed E-state index contributed by atoms with van der Waals surface area (Å²) in [5, 5.41) is 8.14. The van der Waals surface area contributed by atoms with Gasteiger partial charge in [0.15, 0.2) is 0 Å². The molecule has 1 saturated carbocycles. The van der Waals surface area contributed by atoms with Gasteiger partial charge in [-0.25, -0.2) is 17.8 Å². The van der Waals surface area contributed by atoms with Crippen molar-refractivity contribution in [3.05, 3.63) is 59.7 Å². The lowest BCUT2D eigenvalue weighted by atomic mass is 10.0. The van der Waals surface area contributed by atoms with E-state index in [9.17, 15) is 8.42 Å². The van der Waals surface area contributed by atoms with Gasteiger partial charge in [0, 0.05) is 6.04 Å². The van der Waals surface area contributed by atoms with Gasteiger partial charge in [0.05, 0.1) is 17.8 Å². The summed E-state index contributed by atoms with van der Waals surface area (Å²) in [7, 11) is -3.43. The van der Waals surface area contributed by atoms with E-state index in [0.29, 0.717) is 5.92 Å². The van der Waals surface area contributed by atoms with Gasteiger partial charge < -0.3 is 0 Å². The van der Waals surface area contributed by atoms with E-state index >= 15 is 0 Å². The number of benzene rings is 2. The zero-order chi connectivity index (χ0) is 18.1. The van der Waals surface area contributed by atoms with Crippen molar-refractivity contribution in [2.45, 2.75) is 32.4 Å². The summed E-state index contributed by atoms with van der Waals surface area (Å²) in [5.41, 5.74) is 3.82. The average Bonchev–Trinajstić information content (AvgIpc) is 3.39. The maximum Gasteiger partial charge on any atom is 0.213 e. The third-order valence-corrected chi connectivity index (χ3v) is 6.16. The molecule has 0 bridgehead atoms. The number of aryl methyl sites for hydroxylation is 2. The Balaban J connectivity index is 1.48. The van der Waals surface area contributed by atoms with Crippen LogP contribution in [0.4, 0.5) is 0 Å². The number of rotatable bonds is 7. The summed E-state index contributed by atoms with van der Waals surface area (Å²) < 4.78 is 29.9. The Morgan fingerprint density at radius 1 is 1.15 bits per heavy atom. The molecule has 1 N–H and O–H groups in total. The molecule has 0 radical (unpaired) electrons. The van der Waals surface area contributed by atoms with E-state index in [4.69, 9.17) is 0 Å². The van der Waals surface area contributed by atoms with Crippen LogP contribution in [0, 0.1) is 12.8 Å². The third kappa shape index (κ3) is 3.78. The lowest BCUT2D eigenvalue weighted by Gasteiger charge is -2.19. The van der Waals surface area contributed by atoms with Crippen LogP contribution in [0.15, 0.2) is 48.5 Å². The number of hydrogen-bond donors (Lipinski definition) is 1. The molecule has 1 aliphatic carbocycles. The van der Waals surface area contributed by atoms with Gasteiger partial charge in [0.2, 0.25) is 10.0 Å². The molecule has 0 amide bonds. The SMILES string of the molecule is Cc1ccc(C(NS(=O)(=O)CCn2nnc3ccccc32)C2CC2)cc1. The summed E-state index contributed by atoms with van der Waals surface area (Å²) in [6.07, 6.45) is 2.13. The molecule has 26 heavy (non-hydrogen) atoms. The van der Waals surface area contributed by atoms with E-state index < -0.39 is 10.0 Å². The minimum atomic E-state index is -3.43. The molecule has 7 heteroatoms. The predicted octanol–water partition coefficient (Wildman–Crippen LogP) is 2.81. The normalized spacial score (nSPS) is 16.0. The minimum Gasteiger partial charge on any atom is -0.244 e. The smallest absolute Gasteiger partial charge is 0.213 e. The molecule has 136 valence electrons. The Bertz CT molecular complexity index is 1010. The Hall–Kier alpha value is -2.25. The van der Waals surface area contributed by atoms with Crippen LogP contribution in [0.2, 0.25) is 0 Å². The van der Waals surface area contributed by atoms with Crippen LogP contribution in [0.25, 0.3) is 11.0 Å². The van der Waals surface area contributed by atoms with Crippen molar-refractivity contribution in [2.24, 2.45) is 5.92 Å². The van der Waals surface area contributed by atoms with Gasteiger partial charge in [0.1, 0.15) is 5.52 Å². The summed E-state index contributed by atoms with van der Waals surface area (Å²) >= 11 is 0. The number of fused-ring (bicyclic) bond motifs is 1. The number of nitrogens with zero attached hydrogens (tertiary/aromatic N) is 3. The fraction of sp³-hybridized carbons (Fsp3) is 0.368. The van der Waals surface area contributed by atoms with Crippen molar-refractivity contribution in [2.75, 3.05) is 5.75 Å². The number of sulfonamides is 1. The summed E-state index contributed by atoms with van der Waals surface area (Å²) in [6.45, 7) is 2.31. The van der Waals surface area contributed by atoms with Gasteiger partial charge in [-0.1, -0.05) is 47.2 Å². The van der Waals surface area contributed by atoms with Gasteiger partial charge in [-0.3, -0.25) is 0 Å². The molecule has 0 aliphatic heterocycles. The molecule has 1 aliphatic rings. The van der Waals surface area contributed by atoms with Crippen LogP contribution in [-0.4, -0.2) is 29.2 Å². The third-order valence-electron chi connectivity index (χ3n) is 4.83. The predicted molar refractivity (Wildman–Crippen MR) is 101 cm³/mol. The van der Waals surface area contributed by atoms with E-state index in [2.05, 4.69) is 15.0 Å². The van der Waals surface area contributed by atoms with Crippen molar-refractivity contribution in [3.63, 3.8) is 0 Å². The van der Waals surface area contributed by atoms with Crippen LogP contribution in [-0.2, 0) is 16.6 Å². The molecule has 6 nitrogen and oxygen atoms in total. The molecule has 1 unspecified atom stereocenters. The first-order valence-electron chi connectivity index (χ1n) is 8.87. The highest BCUT2D eigenvalue weighted by atomic mass is 32.2. The van der Waals surface area contributed by atoms with E-state index in [1.165, 1.54) is 5.56 Å². The lowest BCUT2D eigenvalue weighted by molar-refractivity contribution is 0.522. The van der Waals surface area contributed by atoms with Crippen LogP contribution < -0.4 is 4.72 Å². The fourth-order valence-corrected chi connectivity index (χ4v) is 4.43. The number of aromatic nitrogens is 3. The zero-order valence-corrected chi connectivity index (χ0v) is 15.5. The highest BCUT2D eigenvalue weighted by Crippen LogP contribution is 2.41. The first-order chi connectivity index (χ1) is 12.5. The second-order valence-electron chi connectivity index (χ2n) is 6.96. The van der Waals surface area contributed by atoms with Crippen molar-refractivity contribution < 1.29 is 8.42 Å². The van der Waals surface area contributed by atoms with Crippen LogP contribution in [0.3, 0.4) is 0 Å². The lowest BCUT2D eigenvalue weighted by Crippen LogP contribution is -2.33.